The van der Waals surface area contributed by atoms with Crippen molar-refractivity contribution in [2.75, 3.05) is 26.3 Å². The predicted octanol–water partition coefficient (Wildman–Crippen LogP) is 2.26. The summed E-state index contributed by atoms with van der Waals surface area (Å²) in [5.74, 6) is 0.757. The van der Waals surface area contributed by atoms with Crippen molar-refractivity contribution >= 4 is 0 Å². The van der Waals surface area contributed by atoms with Gasteiger partial charge in [0, 0.05) is 31.3 Å². The van der Waals surface area contributed by atoms with Crippen molar-refractivity contribution in [3.05, 3.63) is 0 Å². The lowest BCUT2D eigenvalue weighted by atomic mass is 9.91. The van der Waals surface area contributed by atoms with Crippen LogP contribution in [0.2, 0.25) is 0 Å². The number of likely N-dealkylation sites (tertiary alicyclic amines) is 1. The Morgan fingerprint density at radius 3 is 2.83 bits per heavy atom. The summed E-state index contributed by atoms with van der Waals surface area (Å²) in [5, 5.41) is 3.68. The van der Waals surface area contributed by atoms with Gasteiger partial charge in [-0.2, -0.15) is 0 Å². The zero-order valence-corrected chi connectivity index (χ0v) is 12.3. The molecule has 0 aliphatic carbocycles. The number of rotatable bonds is 5. The van der Waals surface area contributed by atoms with Crippen molar-refractivity contribution in [2.45, 2.75) is 64.6 Å². The smallest absolute Gasteiger partial charge is 0.0509 e. The molecule has 0 saturated carbocycles. The normalized spacial score (nSPS) is 35.8. The summed E-state index contributed by atoms with van der Waals surface area (Å²) in [6.07, 6.45) is 5.10. The van der Waals surface area contributed by atoms with E-state index in [0.717, 1.165) is 25.2 Å². The lowest BCUT2D eigenvalue weighted by Crippen LogP contribution is -2.52. The number of nitrogens with one attached hydrogen (secondary N) is 1. The maximum atomic E-state index is 5.54. The molecule has 2 heterocycles. The average molecular weight is 254 g/mol. The van der Waals surface area contributed by atoms with Crippen molar-refractivity contribution in [1.82, 2.24) is 10.2 Å². The minimum atomic E-state index is 0.689. The second-order valence-electron chi connectivity index (χ2n) is 6.13. The van der Waals surface area contributed by atoms with Crippen LogP contribution in [-0.4, -0.2) is 49.3 Å². The third-order valence-corrected chi connectivity index (χ3v) is 4.78. The van der Waals surface area contributed by atoms with E-state index in [4.69, 9.17) is 4.74 Å². The number of nitrogens with zero attached hydrogens (tertiary/aromatic N) is 1. The number of ether oxygens (including phenoxy) is 1. The van der Waals surface area contributed by atoms with Crippen LogP contribution in [0.15, 0.2) is 0 Å². The fourth-order valence-corrected chi connectivity index (χ4v) is 3.53. The summed E-state index contributed by atoms with van der Waals surface area (Å²) in [6.45, 7) is 11.4. The lowest BCUT2D eigenvalue weighted by molar-refractivity contribution is 0.0601. The Hall–Kier alpha value is -0.120. The van der Waals surface area contributed by atoms with E-state index in [2.05, 4.69) is 31.0 Å². The van der Waals surface area contributed by atoms with Crippen molar-refractivity contribution in [1.29, 1.82) is 0 Å². The van der Waals surface area contributed by atoms with Gasteiger partial charge in [0.1, 0.15) is 0 Å². The molecule has 2 saturated heterocycles. The van der Waals surface area contributed by atoms with Gasteiger partial charge in [-0.25, -0.2) is 0 Å². The van der Waals surface area contributed by atoms with Crippen molar-refractivity contribution in [2.24, 2.45) is 5.92 Å². The molecule has 0 amide bonds. The largest absolute Gasteiger partial charge is 0.381 e. The van der Waals surface area contributed by atoms with Crippen LogP contribution in [0.25, 0.3) is 0 Å². The molecule has 2 rings (SSSR count). The van der Waals surface area contributed by atoms with E-state index in [1.807, 2.05) is 0 Å². The first kappa shape index (κ1) is 14.3. The van der Waals surface area contributed by atoms with Crippen LogP contribution in [0, 0.1) is 5.92 Å². The molecule has 0 radical (unpaired) electrons. The molecule has 2 aliphatic rings. The maximum Gasteiger partial charge on any atom is 0.0509 e. The van der Waals surface area contributed by atoms with E-state index in [1.54, 1.807) is 0 Å². The van der Waals surface area contributed by atoms with Crippen molar-refractivity contribution in [3.8, 4) is 0 Å². The van der Waals surface area contributed by atoms with Crippen LogP contribution >= 0.6 is 0 Å². The first-order valence-corrected chi connectivity index (χ1v) is 7.79. The molecule has 0 spiro atoms. The monoisotopic (exact) mass is 254 g/mol. The van der Waals surface area contributed by atoms with E-state index >= 15 is 0 Å². The summed E-state index contributed by atoms with van der Waals surface area (Å²) < 4.78 is 5.54. The Morgan fingerprint density at radius 2 is 2.22 bits per heavy atom. The Morgan fingerprint density at radius 1 is 1.39 bits per heavy atom. The molecule has 106 valence electrons. The predicted molar refractivity (Wildman–Crippen MR) is 75.9 cm³/mol. The van der Waals surface area contributed by atoms with Gasteiger partial charge in [-0.1, -0.05) is 6.92 Å². The SMILES string of the molecule is CCCNC1CCN(C(C)C2CCOC2)C(C)C1. The summed E-state index contributed by atoms with van der Waals surface area (Å²) in [5.41, 5.74) is 0. The molecule has 0 aromatic rings. The average Bonchev–Trinajstić information content (AvgIpc) is 2.89. The first-order valence-electron chi connectivity index (χ1n) is 7.79. The van der Waals surface area contributed by atoms with E-state index in [9.17, 15) is 0 Å². The molecular weight excluding hydrogens is 224 g/mol. The highest BCUT2D eigenvalue weighted by molar-refractivity contribution is 4.88. The third kappa shape index (κ3) is 3.46. The molecule has 2 fully saturated rings. The quantitative estimate of drug-likeness (QED) is 0.814. The summed E-state index contributed by atoms with van der Waals surface area (Å²) in [6, 6.07) is 2.14. The van der Waals surface area contributed by atoms with Crippen LogP contribution in [0.4, 0.5) is 0 Å². The Kier molecular flexibility index (Phi) is 5.46. The molecule has 1 N–H and O–H groups in total. The molecule has 0 bridgehead atoms. The number of hydrogen-bond donors (Lipinski definition) is 1. The van der Waals surface area contributed by atoms with E-state index in [1.165, 1.54) is 38.8 Å². The Bertz CT molecular complexity index is 241. The maximum absolute atomic E-state index is 5.54. The van der Waals surface area contributed by atoms with Gasteiger partial charge in [-0.05, 0) is 52.0 Å². The van der Waals surface area contributed by atoms with Crippen LogP contribution in [0.1, 0.15) is 46.5 Å². The molecule has 3 heteroatoms. The van der Waals surface area contributed by atoms with Gasteiger partial charge in [0.2, 0.25) is 0 Å². The van der Waals surface area contributed by atoms with Crippen LogP contribution in [0.3, 0.4) is 0 Å². The summed E-state index contributed by atoms with van der Waals surface area (Å²) in [7, 11) is 0. The standard InChI is InChI=1S/C15H30N2O/c1-4-7-16-15-5-8-17(12(2)10-15)13(3)14-6-9-18-11-14/h12-16H,4-11H2,1-3H3. The molecule has 3 nitrogen and oxygen atoms in total. The zero-order chi connectivity index (χ0) is 13.0. The summed E-state index contributed by atoms with van der Waals surface area (Å²) in [4.78, 5) is 2.71. The van der Waals surface area contributed by atoms with Crippen LogP contribution in [0.5, 0.6) is 0 Å². The third-order valence-electron chi connectivity index (χ3n) is 4.78. The van der Waals surface area contributed by atoms with E-state index in [-0.39, 0.29) is 0 Å². The molecular formula is C15H30N2O. The first-order chi connectivity index (χ1) is 8.72. The molecule has 4 unspecified atom stereocenters. The van der Waals surface area contributed by atoms with Gasteiger partial charge in [0.25, 0.3) is 0 Å². The second-order valence-corrected chi connectivity index (χ2v) is 6.13. The second kappa shape index (κ2) is 6.88. The molecule has 0 aromatic carbocycles. The topological polar surface area (TPSA) is 24.5 Å². The van der Waals surface area contributed by atoms with Gasteiger partial charge < -0.3 is 10.1 Å². The van der Waals surface area contributed by atoms with E-state index in [0.29, 0.717) is 12.1 Å². The summed E-state index contributed by atoms with van der Waals surface area (Å²) >= 11 is 0. The number of hydrogen-bond acceptors (Lipinski definition) is 3. The fourth-order valence-electron chi connectivity index (χ4n) is 3.53. The zero-order valence-electron chi connectivity index (χ0n) is 12.3. The Labute approximate surface area is 112 Å². The van der Waals surface area contributed by atoms with E-state index < -0.39 is 0 Å². The fraction of sp³-hybridized carbons (Fsp3) is 1.00. The lowest BCUT2D eigenvalue weighted by Gasteiger charge is -2.43. The molecule has 4 atom stereocenters. The van der Waals surface area contributed by atoms with Gasteiger partial charge in [0.15, 0.2) is 0 Å². The minimum absolute atomic E-state index is 0.689. The van der Waals surface area contributed by atoms with Gasteiger partial charge in [-0.3, -0.25) is 4.90 Å². The Balaban J connectivity index is 1.80. The highest BCUT2D eigenvalue weighted by atomic mass is 16.5. The van der Waals surface area contributed by atoms with Gasteiger partial charge >= 0.3 is 0 Å². The minimum Gasteiger partial charge on any atom is -0.381 e. The molecule has 0 aromatic heterocycles. The van der Waals surface area contributed by atoms with Gasteiger partial charge in [-0.15, -0.1) is 0 Å². The highest BCUT2D eigenvalue weighted by Gasteiger charge is 2.33. The van der Waals surface area contributed by atoms with Crippen molar-refractivity contribution in [3.63, 3.8) is 0 Å². The molecule has 18 heavy (non-hydrogen) atoms. The molecule has 2 aliphatic heterocycles. The highest BCUT2D eigenvalue weighted by Crippen LogP contribution is 2.27. The van der Waals surface area contributed by atoms with Crippen molar-refractivity contribution < 1.29 is 4.74 Å². The van der Waals surface area contributed by atoms with Crippen LogP contribution in [-0.2, 0) is 4.74 Å². The number of piperidine rings is 1. The van der Waals surface area contributed by atoms with Crippen LogP contribution < -0.4 is 5.32 Å². The van der Waals surface area contributed by atoms with Gasteiger partial charge in [0.05, 0.1) is 6.61 Å².